The van der Waals surface area contributed by atoms with Crippen molar-refractivity contribution in [3.63, 3.8) is 0 Å². The Bertz CT molecular complexity index is 598. The highest BCUT2D eigenvalue weighted by Gasteiger charge is 2.31. The van der Waals surface area contributed by atoms with Gasteiger partial charge in [-0.05, 0) is 12.0 Å². The second-order valence-corrected chi connectivity index (χ2v) is 5.20. The van der Waals surface area contributed by atoms with Crippen LogP contribution in [0.2, 0.25) is 0 Å². The Morgan fingerprint density at radius 3 is 2.30 bits per heavy atom. The maximum absolute atomic E-state index is 11.2. The molecular weight excluding hydrogens is 252 g/mol. The zero-order valence-corrected chi connectivity index (χ0v) is 11.5. The van der Waals surface area contributed by atoms with Crippen LogP contribution in [0.4, 0.5) is 5.69 Å². The van der Waals surface area contributed by atoms with Crippen molar-refractivity contribution in [1.29, 1.82) is 0 Å². The molecule has 1 atom stereocenters. The Hall–Kier alpha value is -2.20. The summed E-state index contributed by atoms with van der Waals surface area (Å²) in [6.45, 7) is 2.33. The highest BCUT2D eigenvalue weighted by atomic mass is 16.6. The van der Waals surface area contributed by atoms with Gasteiger partial charge in [0.25, 0.3) is 5.69 Å². The molecule has 4 heteroatoms. The number of hydrogen-bond donors (Lipinski definition) is 1. The van der Waals surface area contributed by atoms with Gasteiger partial charge in [0, 0.05) is 23.6 Å². The van der Waals surface area contributed by atoms with Crippen molar-refractivity contribution >= 4 is 5.69 Å². The maximum Gasteiger partial charge on any atom is 0.273 e. The Morgan fingerprint density at radius 2 is 1.70 bits per heavy atom. The first kappa shape index (κ1) is 14.2. The van der Waals surface area contributed by atoms with Crippen molar-refractivity contribution < 1.29 is 4.92 Å². The lowest BCUT2D eigenvalue weighted by Gasteiger charge is -2.28. The summed E-state index contributed by atoms with van der Waals surface area (Å²) in [6.07, 6.45) is 0.676. The quantitative estimate of drug-likeness (QED) is 0.670. The number of para-hydroxylation sites is 1. The molecule has 0 aliphatic rings. The van der Waals surface area contributed by atoms with Gasteiger partial charge in [-0.1, -0.05) is 55.5 Å². The molecular formula is C16H18N2O2. The minimum absolute atomic E-state index is 0.136. The molecule has 0 saturated heterocycles. The Kier molecular flexibility index (Phi) is 4.15. The lowest BCUT2D eigenvalue weighted by Crippen LogP contribution is -2.34. The number of hydrogen-bond acceptors (Lipinski definition) is 3. The third-order valence-corrected chi connectivity index (χ3v) is 3.64. The van der Waals surface area contributed by atoms with Crippen LogP contribution in [0.3, 0.4) is 0 Å². The standard InChI is InChI=1S/C16H18N2O2/c1-16(12-17,11-13-7-3-2-4-8-13)14-9-5-6-10-15(14)18(19)20/h2-10H,11-12,17H2,1H3. The molecule has 1 unspecified atom stereocenters. The van der Waals surface area contributed by atoms with Gasteiger partial charge in [-0.25, -0.2) is 0 Å². The van der Waals surface area contributed by atoms with E-state index in [1.54, 1.807) is 12.1 Å². The van der Waals surface area contributed by atoms with Crippen LogP contribution >= 0.6 is 0 Å². The van der Waals surface area contributed by atoms with Gasteiger partial charge in [0.15, 0.2) is 0 Å². The minimum atomic E-state index is -0.453. The van der Waals surface area contributed by atoms with Crippen LogP contribution in [0.25, 0.3) is 0 Å². The van der Waals surface area contributed by atoms with Crippen molar-refractivity contribution in [3.8, 4) is 0 Å². The SMILES string of the molecule is CC(CN)(Cc1ccccc1)c1ccccc1[N+](=O)[O-]. The molecule has 4 nitrogen and oxygen atoms in total. The summed E-state index contributed by atoms with van der Waals surface area (Å²) in [6, 6.07) is 16.8. The highest BCUT2D eigenvalue weighted by molar-refractivity contribution is 5.46. The van der Waals surface area contributed by atoms with E-state index in [-0.39, 0.29) is 10.6 Å². The molecule has 0 radical (unpaired) electrons. The number of nitrogens with zero attached hydrogens (tertiary/aromatic N) is 1. The predicted octanol–water partition coefficient (Wildman–Crippen LogP) is 3.05. The average molecular weight is 270 g/mol. The van der Waals surface area contributed by atoms with Crippen molar-refractivity contribution in [1.82, 2.24) is 0 Å². The van der Waals surface area contributed by atoms with Gasteiger partial charge in [0.05, 0.1) is 4.92 Å². The Labute approximate surface area is 118 Å². The summed E-state index contributed by atoms with van der Waals surface area (Å²) in [5.41, 5.74) is 7.43. The average Bonchev–Trinajstić information content (AvgIpc) is 2.48. The first-order valence-electron chi connectivity index (χ1n) is 6.55. The molecule has 104 valence electrons. The highest BCUT2D eigenvalue weighted by Crippen LogP contribution is 2.33. The second-order valence-electron chi connectivity index (χ2n) is 5.20. The zero-order chi connectivity index (χ0) is 14.6. The third-order valence-electron chi connectivity index (χ3n) is 3.64. The fourth-order valence-corrected chi connectivity index (χ4v) is 2.47. The van der Waals surface area contributed by atoms with Crippen LogP contribution in [0.15, 0.2) is 54.6 Å². The van der Waals surface area contributed by atoms with Crippen molar-refractivity contribution in [2.24, 2.45) is 5.73 Å². The van der Waals surface area contributed by atoms with Gasteiger partial charge in [0.1, 0.15) is 0 Å². The normalized spacial score (nSPS) is 13.7. The number of rotatable bonds is 5. The van der Waals surface area contributed by atoms with Crippen LogP contribution in [0.5, 0.6) is 0 Å². The number of nitro benzene ring substituents is 1. The topological polar surface area (TPSA) is 69.2 Å². The molecule has 2 rings (SSSR count). The van der Waals surface area contributed by atoms with Crippen LogP contribution < -0.4 is 5.73 Å². The summed E-state index contributed by atoms with van der Waals surface area (Å²) in [5, 5.41) is 11.2. The number of nitro groups is 1. The molecule has 2 aromatic carbocycles. The van der Waals surface area contributed by atoms with E-state index in [1.807, 2.05) is 43.3 Å². The molecule has 0 aromatic heterocycles. The summed E-state index contributed by atoms with van der Waals surface area (Å²) < 4.78 is 0. The van der Waals surface area contributed by atoms with Crippen molar-refractivity contribution in [3.05, 3.63) is 75.8 Å². The van der Waals surface area contributed by atoms with Gasteiger partial charge in [-0.3, -0.25) is 10.1 Å². The first-order chi connectivity index (χ1) is 9.57. The summed E-state index contributed by atoms with van der Waals surface area (Å²) >= 11 is 0. The van der Waals surface area contributed by atoms with Crippen LogP contribution in [0, 0.1) is 10.1 Å². The van der Waals surface area contributed by atoms with Gasteiger partial charge >= 0.3 is 0 Å². The smallest absolute Gasteiger partial charge is 0.273 e. The van der Waals surface area contributed by atoms with E-state index in [2.05, 4.69) is 0 Å². The molecule has 0 aliphatic carbocycles. The summed E-state index contributed by atoms with van der Waals surface area (Å²) in [4.78, 5) is 10.9. The van der Waals surface area contributed by atoms with Crippen LogP contribution in [-0.2, 0) is 11.8 Å². The summed E-state index contributed by atoms with van der Waals surface area (Å²) in [7, 11) is 0. The first-order valence-corrected chi connectivity index (χ1v) is 6.55. The van der Waals surface area contributed by atoms with E-state index < -0.39 is 5.41 Å². The molecule has 0 amide bonds. The predicted molar refractivity (Wildman–Crippen MR) is 79.6 cm³/mol. The second kappa shape index (κ2) is 5.84. The monoisotopic (exact) mass is 270 g/mol. The molecule has 0 saturated carbocycles. The number of nitrogens with two attached hydrogens (primary N) is 1. The van der Waals surface area contributed by atoms with Crippen molar-refractivity contribution in [2.45, 2.75) is 18.8 Å². The van der Waals surface area contributed by atoms with E-state index >= 15 is 0 Å². The van der Waals surface area contributed by atoms with E-state index in [0.717, 1.165) is 5.56 Å². The molecule has 0 heterocycles. The molecule has 0 fully saturated rings. The van der Waals surface area contributed by atoms with Gasteiger partial charge in [-0.2, -0.15) is 0 Å². The molecule has 20 heavy (non-hydrogen) atoms. The third kappa shape index (κ3) is 2.86. The number of benzene rings is 2. The van der Waals surface area contributed by atoms with E-state index in [9.17, 15) is 10.1 Å². The lowest BCUT2D eigenvalue weighted by atomic mass is 9.76. The van der Waals surface area contributed by atoms with E-state index in [1.165, 1.54) is 6.07 Å². The fourth-order valence-electron chi connectivity index (χ4n) is 2.47. The summed E-state index contributed by atoms with van der Waals surface area (Å²) in [5.74, 6) is 0. The van der Waals surface area contributed by atoms with Gasteiger partial charge in [0.2, 0.25) is 0 Å². The van der Waals surface area contributed by atoms with Crippen LogP contribution in [0.1, 0.15) is 18.1 Å². The largest absolute Gasteiger partial charge is 0.330 e. The molecule has 2 N–H and O–H groups in total. The molecule has 2 aromatic rings. The Balaban J connectivity index is 2.43. The fraction of sp³-hybridized carbons (Fsp3) is 0.250. The molecule has 0 aliphatic heterocycles. The molecule has 0 bridgehead atoms. The van der Waals surface area contributed by atoms with Gasteiger partial charge in [-0.15, -0.1) is 0 Å². The maximum atomic E-state index is 11.2. The lowest BCUT2D eigenvalue weighted by molar-refractivity contribution is -0.386. The van der Waals surface area contributed by atoms with Crippen molar-refractivity contribution in [2.75, 3.05) is 6.54 Å². The van der Waals surface area contributed by atoms with E-state index in [0.29, 0.717) is 18.5 Å². The minimum Gasteiger partial charge on any atom is -0.330 e. The zero-order valence-electron chi connectivity index (χ0n) is 11.5. The van der Waals surface area contributed by atoms with Gasteiger partial charge < -0.3 is 5.73 Å². The van der Waals surface area contributed by atoms with E-state index in [4.69, 9.17) is 5.73 Å². The Morgan fingerprint density at radius 1 is 1.10 bits per heavy atom. The molecule has 0 spiro atoms. The van der Waals surface area contributed by atoms with Crippen LogP contribution in [-0.4, -0.2) is 11.5 Å².